The number of halogens is 4. The molecule has 2 fully saturated rings. The average Bonchev–Trinajstić information content (AvgIpc) is 3.36. The number of fused-ring (bicyclic) bond motifs is 3. The maximum Gasteiger partial charge on any atom is 0.135 e. The number of benzene rings is 2. The number of likely N-dealkylation sites (tertiary alicyclic amines) is 1. The number of nitrogens with one attached hydrogen (secondary N) is 1. The molecule has 1 saturated heterocycles. The Kier molecular flexibility index (Phi) is 6.03. The Hall–Kier alpha value is -2.58. The van der Waals surface area contributed by atoms with Crippen LogP contribution in [0.3, 0.4) is 0 Å². The monoisotopic (exact) mass is 515 g/mol. The minimum absolute atomic E-state index is 0.0312. The van der Waals surface area contributed by atoms with Gasteiger partial charge in [0.2, 0.25) is 0 Å². The van der Waals surface area contributed by atoms with Crippen LogP contribution >= 0.6 is 0 Å². The number of alkyl halides is 2. The van der Waals surface area contributed by atoms with Crippen molar-refractivity contribution in [2.75, 3.05) is 26.2 Å². The lowest BCUT2D eigenvalue weighted by atomic mass is 9.87. The second-order valence-corrected chi connectivity index (χ2v) is 11.7. The molecule has 4 atom stereocenters. The van der Waals surface area contributed by atoms with Crippen molar-refractivity contribution in [3.8, 4) is 5.75 Å². The molecule has 1 aromatic heterocycles. The molecule has 3 heterocycles. The topological polar surface area (TPSA) is 31.5 Å². The van der Waals surface area contributed by atoms with Gasteiger partial charge < -0.3 is 9.72 Å². The Morgan fingerprint density at radius 1 is 1.11 bits per heavy atom. The van der Waals surface area contributed by atoms with Gasteiger partial charge in [-0.15, -0.1) is 0 Å². The van der Waals surface area contributed by atoms with Crippen molar-refractivity contribution in [2.24, 2.45) is 5.92 Å². The second-order valence-electron chi connectivity index (χ2n) is 11.7. The number of para-hydroxylation sites is 1. The molecule has 1 saturated carbocycles. The normalized spacial score (nSPS) is 26.8. The number of aromatic amines is 1. The van der Waals surface area contributed by atoms with Crippen molar-refractivity contribution in [1.82, 2.24) is 14.8 Å². The standard InChI is InChI=1S/C29H33F4N3O/c1-16-8-21-20-6-4-5-7-25(20)34-27(21)28(36(16)15-29(2,3)33)26-23(31)10-18(11-24(26)32)37-19-13-35(14-19)12-17-9-22(17)30/h4-7,10-11,16-17,19,22,28,34H,8-9,12-15H2,1-3H3/t16-,17-,22+,28-/m1/s1. The van der Waals surface area contributed by atoms with Crippen LogP contribution in [-0.4, -0.2) is 64.9 Å². The van der Waals surface area contributed by atoms with Crippen LogP contribution in [0.25, 0.3) is 10.9 Å². The molecule has 0 unspecified atom stereocenters. The number of ether oxygens (including phenoxy) is 1. The van der Waals surface area contributed by atoms with Gasteiger partial charge in [-0.1, -0.05) is 18.2 Å². The highest BCUT2D eigenvalue weighted by molar-refractivity contribution is 5.85. The van der Waals surface area contributed by atoms with E-state index in [0.29, 0.717) is 38.2 Å². The summed E-state index contributed by atoms with van der Waals surface area (Å²) < 4.78 is 65.4. The van der Waals surface area contributed by atoms with Crippen LogP contribution in [0.4, 0.5) is 17.6 Å². The lowest BCUT2D eigenvalue weighted by molar-refractivity contribution is 0.0153. The molecule has 1 N–H and O–H groups in total. The minimum atomic E-state index is -1.55. The molecule has 4 nitrogen and oxygen atoms in total. The molecule has 0 amide bonds. The van der Waals surface area contributed by atoms with Gasteiger partial charge in [0.25, 0.3) is 0 Å². The van der Waals surface area contributed by atoms with Crippen molar-refractivity contribution >= 4 is 10.9 Å². The van der Waals surface area contributed by atoms with E-state index in [0.717, 1.165) is 16.5 Å². The van der Waals surface area contributed by atoms with Crippen LogP contribution in [0.2, 0.25) is 0 Å². The van der Waals surface area contributed by atoms with Gasteiger partial charge in [0.05, 0.1) is 6.04 Å². The summed E-state index contributed by atoms with van der Waals surface area (Å²) in [6.07, 6.45) is 0.395. The van der Waals surface area contributed by atoms with Gasteiger partial charge in [-0.2, -0.15) is 0 Å². The molecule has 37 heavy (non-hydrogen) atoms. The lowest BCUT2D eigenvalue weighted by Gasteiger charge is -2.43. The van der Waals surface area contributed by atoms with Gasteiger partial charge in [-0.3, -0.25) is 9.80 Å². The summed E-state index contributed by atoms with van der Waals surface area (Å²) in [4.78, 5) is 7.35. The van der Waals surface area contributed by atoms with Gasteiger partial charge in [0, 0.05) is 72.4 Å². The predicted molar refractivity (Wildman–Crippen MR) is 135 cm³/mol. The van der Waals surface area contributed by atoms with E-state index in [1.807, 2.05) is 36.1 Å². The molecule has 0 radical (unpaired) electrons. The quantitative estimate of drug-likeness (QED) is 0.395. The number of aromatic nitrogens is 1. The zero-order valence-corrected chi connectivity index (χ0v) is 21.4. The fourth-order valence-corrected chi connectivity index (χ4v) is 6.06. The smallest absolute Gasteiger partial charge is 0.135 e. The Bertz CT molecular complexity index is 1290. The first-order valence-corrected chi connectivity index (χ1v) is 13.1. The molecular formula is C29H33F4N3O. The Labute approximate surface area is 214 Å². The predicted octanol–water partition coefficient (Wildman–Crippen LogP) is 5.95. The highest BCUT2D eigenvalue weighted by Crippen LogP contribution is 2.44. The molecule has 2 aliphatic heterocycles. The molecular weight excluding hydrogens is 482 g/mol. The van der Waals surface area contributed by atoms with E-state index >= 15 is 8.78 Å². The largest absolute Gasteiger partial charge is 0.488 e. The molecule has 198 valence electrons. The second kappa shape index (κ2) is 9.02. The van der Waals surface area contributed by atoms with E-state index in [1.54, 1.807) is 0 Å². The first-order valence-electron chi connectivity index (χ1n) is 13.1. The van der Waals surface area contributed by atoms with Crippen molar-refractivity contribution in [1.29, 1.82) is 0 Å². The van der Waals surface area contributed by atoms with Crippen LogP contribution in [0.5, 0.6) is 5.75 Å². The highest BCUT2D eigenvalue weighted by atomic mass is 19.1. The zero-order chi connectivity index (χ0) is 26.1. The van der Waals surface area contributed by atoms with E-state index in [1.165, 1.54) is 26.0 Å². The van der Waals surface area contributed by atoms with Crippen molar-refractivity contribution < 1.29 is 22.3 Å². The zero-order valence-electron chi connectivity index (χ0n) is 21.4. The summed E-state index contributed by atoms with van der Waals surface area (Å²) in [5.74, 6) is -1.18. The third-order valence-corrected chi connectivity index (χ3v) is 7.96. The summed E-state index contributed by atoms with van der Waals surface area (Å²) in [7, 11) is 0. The fourth-order valence-electron chi connectivity index (χ4n) is 6.06. The van der Waals surface area contributed by atoms with E-state index in [-0.39, 0.29) is 35.9 Å². The Balaban J connectivity index is 1.31. The van der Waals surface area contributed by atoms with E-state index in [9.17, 15) is 8.78 Å². The van der Waals surface area contributed by atoms with Crippen molar-refractivity contribution in [2.45, 2.75) is 63.6 Å². The number of rotatable bonds is 7. The summed E-state index contributed by atoms with van der Waals surface area (Å²) in [6.45, 7) is 6.92. The average molecular weight is 516 g/mol. The van der Waals surface area contributed by atoms with Crippen molar-refractivity contribution in [3.05, 3.63) is 64.9 Å². The summed E-state index contributed by atoms with van der Waals surface area (Å²) in [5.41, 5.74) is 0.961. The Morgan fingerprint density at radius 2 is 1.78 bits per heavy atom. The summed E-state index contributed by atoms with van der Waals surface area (Å²) >= 11 is 0. The molecule has 3 aliphatic rings. The van der Waals surface area contributed by atoms with Crippen LogP contribution < -0.4 is 4.74 Å². The van der Waals surface area contributed by atoms with Gasteiger partial charge in [-0.25, -0.2) is 17.6 Å². The molecule has 0 bridgehead atoms. The fraction of sp³-hybridized carbons (Fsp3) is 0.517. The van der Waals surface area contributed by atoms with Crippen LogP contribution in [0, 0.1) is 17.6 Å². The van der Waals surface area contributed by atoms with Crippen LogP contribution in [0.1, 0.15) is 50.1 Å². The SMILES string of the molecule is C[C@@H]1Cc2c([nH]c3ccccc23)[C@@H](c2c(F)cc(OC3CN(C[C@H]4C[C@@H]4F)C3)cc2F)N1CC(C)(C)F. The molecule has 8 heteroatoms. The molecule has 3 aromatic rings. The van der Waals surface area contributed by atoms with Crippen molar-refractivity contribution in [3.63, 3.8) is 0 Å². The number of hydrogen-bond donors (Lipinski definition) is 1. The summed E-state index contributed by atoms with van der Waals surface area (Å²) in [6, 6.07) is 9.36. The van der Waals surface area contributed by atoms with Crippen LogP contribution in [0.15, 0.2) is 36.4 Å². The lowest BCUT2D eigenvalue weighted by Crippen LogP contribution is -2.54. The van der Waals surface area contributed by atoms with E-state index in [2.05, 4.69) is 9.88 Å². The number of hydrogen-bond acceptors (Lipinski definition) is 3. The molecule has 2 aromatic carbocycles. The van der Waals surface area contributed by atoms with E-state index in [4.69, 9.17) is 4.74 Å². The molecule has 6 rings (SSSR count). The first-order chi connectivity index (χ1) is 17.6. The number of H-pyrrole nitrogens is 1. The minimum Gasteiger partial charge on any atom is -0.488 e. The molecule has 0 spiro atoms. The summed E-state index contributed by atoms with van der Waals surface area (Å²) in [5, 5.41) is 1.02. The van der Waals surface area contributed by atoms with Gasteiger partial charge in [0.1, 0.15) is 35.3 Å². The van der Waals surface area contributed by atoms with Gasteiger partial charge >= 0.3 is 0 Å². The maximum atomic E-state index is 15.7. The first kappa shape index (κ1) is 24.7. The molecule has 1 aliphatic carbocycles. The Morgan fingerprint density at radius 3 is 2.43 bits per heavy atom. The highest BCUT2D eigenvalue weighted by Gasteiger charge is 2.43. The number of nitrogens with zero attached hydrogens (tertiary/aromatic N) is 2. The third kappa shape index (κ3) is 4.74. The maximum absolute atomic E-state index is 15.7. The van der Waals surface area contributed by atoms with Gasteiger partial charge in [0.15, 0.2) is 0 Å². The third-order valence-electron chi connectivity index (χ3n) is 7.96. The van der Waals surface area contributed by atoms with E-state index < -0.39 is 29.5 Å². The van der Waals surface area contributed by atoms with Gasteiger partial charge in [-0.05, 0) is 45.2 Å². The van der Waals surface area contributed by atoms with Crippen LogP contribution in [-0.2, 0) is 6.42 Å².